The third-order valence-corrected chi connectivity index (χ3v) is 8.83. The Morgan fingerprint density at radius 3 is 1.84 bits per heavy atom. The van der Waals surface area contributed by atoms with Gasteiger partial charge in [-0.05, 0) is 60.4 Å². The highest BCUT2D eigenvalue weighted by molar-refractivity contribution is 5.97. The Hall–Kier alpha value is -5.03. The number of fused-ring (bicyclic) bond motifs is 6. The Kier molecular flexibility index (Phi) is 7.76. The van der Waals surface area contributed by atoms with Crippen molar-refractivity contribution in [2.24, 2.45) is 0 Å². The van der Waals surface area contributed by atoms with Gasteiger partial charge in [-0.3, -0.25) is 0 Å². The summed E-state index contributed by atoms with van der Waals surface area (Å²) >= 11 is 0. The quantitative estimate of drug-likeness (QED) is 0.151. The van der Waals surface area contributed by atoms with Crippen LogP contribution in [-0.4, -0.2) is 19.1 Å². The SMILES string of the molecule is CCCN(CCC)c1ccc2c(c1)Oc1ccc(N(Cc3ccccc3)Cc3ccccc3)cc1C21OC(=O)c2ccccc21. The Morgan fingerprint density at radius 1 is 0.578 bits per heavy atom. The van der Waals surface area contributed by atoms with E-state index in [1.54, 1.807) is 0 Å². The standard InChI is InChI=1S/C40H38N2O3/c1-3-23-41(24-4-2)32-19-21-35-38(26-32)44-37-22-20-31(25-36(37)40(35)34-18-12-11-17-33(34)39(43)45-40)42(27-29-13-7-5-8-14-29)28-30-15-9-6-10-16-30/h5-22,25-26H,3-4,23-24,27-28H2,1-2H3. The first-order valence-electron chi connectivity index (χ1n) is 16.0. The van der Waals surface area contributed by atoms with Crippen LogP contribution in [0.15, 0.2) is 121 Å². The van der Waals surface area contributed by atoms with E-state index >= 15 is 0 Å². The summed E-state index contributed by atoms with van der Waals surface area (Å²) in [5.41, 5.74) is 6.59. The number of rotatable bonds is 10. The molecule has 2 heterocycles. The van der Waals surface area contributed by atoms with Crippen LogP contribution in [0.1, 0.15) is 64.9 Å². The number of nitrogens with zero attached hydrogens (tertiary/aromatic N) is 2. The molecule has 5 nitrogen and oxygen atoms in total. The van der Waals surface area contributed by atoms with Crippen LogP contribution in [0.5, 0.6) is 11.5 Å². The van der Waals surface area contributed by atoms with Crippen molar-refractivity contribution in [3.8, 4) is 11.5 Å². The molecule has 5 aromatic carbocycles. The molecule has 0 bridgehead atoms. The van der Waals surface area contributed by atoms with Crippen molar-refractivity contribution in [1.29, 1.82) is 0 Å². The summed E-state index contributed by atoms with van der Waals surface area (Å²) < 4.78 is 13.2. The van der Waals surface area contributed by atoms with E-state index in [-0.39, 0.29) is 5.97 Å². The normalized spacial score (nSPS) is 15.9. The molecule has 7 rings (SSSR count). The average Bonchev–Trinajstić information content (AvgIpc) is 3.37. The van der Waals surface area contributed by atoms with Crippen LogP contribution in [0.25, 0.3) is 0 Å². The van der Waals surface area contributed by atoms with E-state index in [4.69, 9.17) is 9.47 Å². The van der Waals surface area contributed by atoms with Gasteiger partial charge in [0.25, 0.3) is 0 Å². The minimum absolute atomic E-state index is 0.317. The van der Waals surface area contributed by atoms with E-state index in [0.717, 1.165) is 72.8 Å². The third-order valence-electron chi connectivity index (χ3n) is 8.83. The van der Waals surface area contributed by atoms with Gasteiger partial charge in [0.2, 0.25) is 0 Å². The van der Waals surface area contributed by atoms with E-state index in [0.29, 0.717) is 11.3 Å². The van der Waals surface area contributed by atoms with Crippen LogP contribution in [-0.2, 0) is 23.4 Å². The van der Waals surface area contributed by atoms with Crippen LogP contribution in [0.4, 0.5) is 11.4 Å². The van der Waals surface area contributed by atoms with Gasteiger partial charge in [0.1, 0.15) is 11.5 Å². The summed E-state index contributed by atoms with van der Waals surface area (Å²) in [4.78, 5) is 18.3. The molecule has 1 spiro atoms. The Morgan fingerprint density at radius 2 is 1.18 bits per heavy atom. The topological polar surface area (TPSA) is 42.0 Å². The summed E-state index contributed by atoms with van der Waals surface area (Å²) in [5.74, 6) is 1.10. The van der Waals surface area contributed by atoms with E-state index in [1.165, 1.54) is 11.1 Å². The molecular formula is C40H38N2O3. The number of ether oxygens (including phenoxy) is 2. The summed E-state index contributed by atoms with van der Waals surface area (Å²) in [6, 6.07) is 41.5. The van der Waals surface area contributed by atoms with Gasteiger partial charge in [-0.15, -0.1) is 0 Å². The zero-order valence-corrected chi connectivity index (χ0v) is 25.9. The second-order valence-corrected chi connectivity index (χ2v) is 11.9. The fraction of sp³-hybridized carbons (Fsp3) is 0.225. The monoisotopic (exact) mass is 594 g/mol. The molecule has 0 saturated carbocycles. The lowest BCUT2D eigenvalue weighted by molar-refractivity contribution is 0.0224. The average molecular weight is 595 g/mol. The highest BCUT2D eigenvalue weighted by Crippen LogP contribution is 2.57. The number of benzene rings is 5. The highest BCUT2D eigenvalue weighted by atomic mass is 16.6. The molecule has 5 aromatic rings. The van der Waals surface area contributed by atoms with Gasteiger partial charge in [-0.2, -0.15) is 0 Å². The molecule has 0 radical (unpaired) electrons. The van der Waals surface area contributed by atoms with Crippen LogP contribution in [0, 0.1) is 0 Å². The fourth-order valence-corrected chi connectivity index (χ4v) is 6.80. The van der Waals surface area contributed by atoms with Gasteiger partial charge in [-0.25, -0.2) is 4.79 Å². The van der Waals surface area contributed by atoms with Crippen molar-refractivity contribution in [1.82, 2.24) is 0 Å². The van der Waals surface area contributed by atoms with Crippen molar-refractivity contribution in [3.63, 3.8) is 0 Å². The maximum atomic E-state index is 13.5. The van der Waals surface area contributed by atoms with Crippen LogP contribution in [0.2, 0.25) is 0 Å². The molecule has 1 unspecified atom stereocenters. The molecule has 0 aromatic heterocycles. The summed E-state index contributed by atoms with van der Waals surface area (Å²) in [6.07, 6.45) is 2.11. The van der Waals surface area contributed by atoms with E-state index in [1.807, 2.05) is 42.5 Å². The predicted octanol–water partition coefficient (Wildman–Crippen LogP) is 9.09. The van der Waals surface area contributed by atoms with Crippen LogP contribution < -0.4 is 14.5 Å². The van der Waals surface area contributed by atoms with E-state index in [9.17, 15) is 4.79 Å². The largest absolute Gasteiger partial charge is 0.456 e. The zero-order chi connectivity index (χ0) is 30.8. The number of carbonyl (C=O) groups excluding carboxylic acids is 1. The number of esters is 1. The first kappa shape index (κ1) is 28.7. The molecular weight excluding hydrogens is 556 g/mol. The van der Waals surface area contributed by atoms with E-state index in [2.05, 4.69) is 103 Å². The third kappa shape index (κ3) is 5.22. The first-order chi connectivity index (χ1) is 22.1. The Balaban J connectivity index is 1.38. The highest BCUT2D eigenvalue weighted by Gasteiger charge is 2.53. The lowest BCUT2D eigenvalue weighted by Gasteiger charge is -2.38. The molecule has 0 N–H and O–H groups in total. The van der Waals surface area contributed by atoms with Crippen molar-refractivity contribution < 1.29 is 14.3 Å². The Bertz CT molecular complexity index is 1770. The van der Waals surface area contributed by atoms with Gasteiger partial charge in [0.15, 0.2) is 5.60 Å². The number of carbonyl (C=O) groups is 1. The summed E-state index contributed by atoms with van der Waals surface area (Å²) in [5, 5.41) is 0. The smallest absolute Gasteiger partial charge is 0.340 e. The lowest BCUT2D eigenvalue weighted by atomic mass is 9.77. The minimum Gasteiger partial charge on any atom is -0.456 e. The molecule has 1 atom stereocenters. The van der Waals surface area contributed by atoms with E-state index < -0.39 is 5.60 Å². The second kappa shape index (κ2) is 12.2. The zero-order valence-electron chi connectivity index (χ0n) is 25.9. The van der Waals surface area contributed by atoms with Gasteiger partial charge in [0.05, 0.1) is 5.56 Å². The number of hydrogen-bond acceptors (Lipinski definition) is 5. The van der Waals surface area contributed by atoms with Crippen molar-refractivity contribution in [3.05, 3.63) is 155 Å². The van der Waals surface area contributed by atoms with Gasteiger partial charge in [0, 0.05) is 60.3 Å². The second-order valence-electron chi connectivity index (χ2n) is 11.9. The predicted molar refractivity (Wildman–Crippen MR) is 180 cm³/mol. The summed E-state index contributed by atoms with van der Waals surface area (Å²) in [7, 11) is 0. The molecule has 0 saturated heterocycles. The fourth-order valence-electron chi connectivity index (χ4n) is 6.80. The maximum absolute atomic E-state index is 13.5. The lowest BCUT2D eigenvalue weighted by Crippen LogP contribution is -2.34. The molecule has 0 aliphatic carbocycles. The molecule has 0 fully saturated rings. The molecule has 5 heteroatoms. The minimum atomic E-state index is -1.11. The Labute approximate surface area is 265 Å². The number of anilines is 2. The van der Waals surface area contributed by atoms with Gasteiger partial charge < -0.3 is 19.3 Å². The molecule has 2 aliphatic rings. The van der Waals surface area contributed by atoms with Crippen LogP contribution in [0.3, 0.4) is 0 Å². The van der Waals surface area contributed by atoms with Gasteiger partial charge in [-0.1, -0.05) is 92.7 Å². The van der Waals surface area contributed by atoms with Crippen molar-refractivity contribution in [2.75, 3.05) is 22.9 Å². The van der Waals surface area contributed by atoms with Crippen molar-refractivity contribution in [2.45, 2.75) is 45.4 Å². The summed E-state index contributed by atoms with van der Waals surface area (Å²) in [6.45, 7) is 7.79. The van der Waals surface area contributed by atoms with Crippen LogP contribution >= 0.6 is 0 Å². The molecule has 0 amide bonds. The maximum Gasteiger partial charge on any atom is 0.340 e. The number of hydrogen-bond donors (Lipinski definition) is 0. The van der Waals surface area contributed by atoms with Gasteiger partial charge >= 0.3 is 5.97 Å². The van der Waals surface area contributed by atoms with Crippen molar-refractivity contribution >= 4 is 17.3 Å². The molecule has 226 valence electrons. The molecule has 2 aliphatic heterocycles. The molecule has 45 heavy (non-hydrogen) atoms. The first-order valence-corrected chi connectivity index (χ1v) is 16.0.